The molecule has 0 bridgehead atoms. The van der Waals surface area contributed by atoms with Crippen LogP contribution in [-0.2, 0) is 4.79 Å². The highest BCUT2D eigenvalue weighted by Crippen LogP contribution is 2.24. The maximum Gasteiger partial charge on any atom is 0.249 e. The second-order valence-corrected chi connectivity index (χ2v) is 5.13. The monoisotopic (exact) mass is 266 g/mol. The van der Waals surface area contributed by atoms with Gasteiger partial charge in [-0.2, -0.15) is 0 Å². The molecule has 102 valence electrons. The number of aryl methyl sites for hydroxylation is 1. The van der Waals surface area contributed by atoms with Crippen LogP contribution in [0.2, 0.25) is 0 Å². The number of nitrogens with one attached hydrogen (secondary N) is 1. The number of benzene rings is 2. The number of hydrogen-bond acceptors (Lipinski definition) is 2. The van der Waals surface area contributed by atoms with Gasteiger partial charge in [-0.15, -0.1) is 0 Å². The number of nitrogens with zero attached hydrogens (tertiary/aromatic N) is 1. The van der Waals surface area contributed by atoms with E-state index in [1.165, 1.54) is 5.56 Å². The molecular formula is C17H18N2O. The lowest BCUT2D eigenvalue weighted by Gasteiger charge is -2.18. The Hall–Kier alpha value is -2.29. The van der Waals surface area contributed by atoms with Gasteiger partial charge in [0.2, 0.25) is 5.91 Å². The average molecular weight is 266 g/mol. The topological polar surface area (TPSA) is 32.3 Å². The van der Waals surface area contributed by atoms with Crippen LogP contribution in [0.15, 0.2) is 54.6 Å². The summed E-state index contributed by atoms with van der Waals surface area (Å²) in [6.07, 6.45) is 0.835. The maximum atomic E-state index is 12.5. The van der Waals surface area contributed by atoms with Crippen molar-refractivity contribution in [3.63, 3.8) is 0 Å². The Labute approximate surface area is 119 Å². The minimum atomic E-state index is -0.128. The summed E-state index contributed by atoms with van der Waals surface area (Å²) in [6.45, 7) is 2.82. The Morgan fingerprint density at radius 2 is 1.75 bits per heavy atom. The predicted octanol–water partition coefficient (Wildman–Crippen LogP) is 3.21. The fourth-order valence-corrected chi connectivity index (χ4v) is 2.60. The van der Waals surface area contributed by atoms with Gasteiger partial charge in [0, 0.05) is 17.9 Å². The van der Waals surface area contributed by atoms with E-state index >= 15 is 0 Å². The van der Waals surface area contributed by atoms with Gasteiger partial charge in [0.1, 0.15) is 6.04 Å². The first-order valence-corrected chi connectivity index (χ1v) is 6.94. The van der Waals surface area contributed by atoms with E-state index in [0.29, 0.717) is 0 Å². The van der Waals surface area contributed by atoms with Crippen molar-refractivity contribution in [1.29, 1.82) is 0 Å². The Balaban J connectivity index is 1.75. The Morgan fingerprint density at radius 3 is 2.50 bits per heavy atom. The molecule has 0 aliphatic carbocycles. The number of rotatable bonds is 3. The number of anilines is 2. The second kappa shape index (κ2) is 5.37. The molecule has 1 unspecified atom stereocenters. The lowest BCUT2D eigenvalue weighted by molar-refractivity contribution is -0.117. The molecule has 20 heavy (non-hydrogen) atoms. The molecule has 2 aromatic carbocycles. The van der Waals surface area contributed by atoms with Crippen LogP contribution in [0.25, 0.3) is 0 Å². The van der Waals surface area contributed by atoms with Crippen molar-refractivity contribution in [2.75, 3.05) is 16.8 Å². The van der Waals surface area contributed by atoms with Crippen LogP contribution in [0.5, 0.6) is 0 Å². The molecule has 1 N–H and O–H groups in total. The molecular weight excluding hydrogens is 248 g/mol. The molecule has 3 rings (SSSR count). The number of carbonyl (C=O) groups is 1. The average Bonchev–Trinajstić information content (AvgIpc) is 2.84. The molecule has 1 fully saturated rings. The zero-order chi connectivity index (χ0) is 13.9. The van der Waals surface area contributed by atoms with Gasteiger partial charge in [0.15, 0.2) is 0 Å². The fourth-order valence-electron chi connectivity index (χ4n) is 2.60. The van der Waals surface area contributed by atoms with Crippen LogP contribution in [0.4, 0.5) is 11.4 Å². The SMILES string of the molecule is Cc1ccccc1NC1CCN(c2ccccc2)C1=O. The molecule has 3 nitrogen and oxygen atoms in total. The minimum Gasteiger partial charge on any atom is -0.373 e. The third-order valence-electron chi connectivity index (χ3n) is 3.75. The van der Waals surface area contributed by atoms with Gasteiger partial charge in [0.25, 0.3) is 0 Å². The molecule has 1 heterocycles. The summed E-state index contributed by atoms with van der Waals surface area (Å²) >= 11 is 0. The summed E-state index contributed by atoms with van der Waals surface area (Å²) in [5, 5.41) is 3.37. The molecule has 0 aromatic heterocycles. The number of amides is 1. The number of para-hydroxylation sites is 2. The van der Waals surface area contributed by atoms with Crippen LogP contribution in [-0.4, -0.2) is 18.5 Å². The smallest absolute Gasteiger partial charge is 0.249 e. The zero-order valence-electron chi connectivity index (χ0n) is 11.5. The van der Waals surface area contributed by atoms with Gasteiger partial charge < -0.3 is 10.2 Å². The molecule has 0 saturated carbocycles. The number of carbonyl (C=O) groups excluding carboxylic acids is 1. The van der Waals surface area contributed by atoms with Crippen LogP contribution >= 0.6 is 0 Å². The van der Waals surface area contributed by atoms with Crippen LogP contribution in [0.3, 0.4) is 0 Å². The van der Waals surface area contributed by atoms with Gasteiger partial charge in [-0.05, 0) is 37.1 Å². The van der Waals surface area contributed by atoms with E-state index < -0.39 is 0 Å². The van der Waals surface area contributed by atoms with E-state index in [2.05, 4.69) is 18.3 Å². The van der Waals surface area contributed by atoms with Crippen molar-refractivity contribution in [1.82, 2.24) is 0 Å². The predicted molar refractivity (Wildman–Crippen MR) is 82.0 cm³/mol. The van der Waals surface area contributed by atoms with E-state index in [0.717, 1.165) is 24.3 Å². The lowest BCUT2D eigenvalue weighted by Crippen LogP contribution is -2.33. The van der Waals surface area contributed by atoms with Gasteiger partial charge in [-0.3, -0.25) is 4.79 Å². The van der Waals surface area contributed by atoms with Crippen molar-refractivity contribution in [3.05, 3.63) is 60.2 Å². The quantitative estimate of drug-likeness (QED) is 0.925. The molecule has 0 spiro atoms. The maximum absolute atomic E-state index is 12.5. The Bertz CT molecular complexity index is 609. The van der Waals surface area contributed by atoms with Gasteiger partial charge in [-0.25, -0.2) is 0 Å². The van der Waals surface area contributed by atoms with Gasteiger partial charge in [-0.1, -0.05) is 36.4 Å². The van der Waals surface area contributed by atoms with Crippen LogP contribution < -0.4 is 10.2 Å². The molecule has 0 radical (unpaired) electrons. The van der Waals surface area contributed by atoms with Gasteiger partial charge >= 0.3 is 0 Å². The van der Waals surface area contributed by atoms with Gasteiger partial charge in [0.05, 0.1) is 0 Å². The fraction of sp³-hybridized carbons (Fsp3) is 0.235. The zero-order valence-corrected chi connectivity index (χ0v) is 11.5. The first-order valence-electron chi connectivity index (χ1n) is 6.94. The van der Waals surface area contributed by atoms with E-state index in [1.807, 2.05) is 53.4 Å². The molecule has 2 aromatic rings. The summed E-state index contributed by atoms with van der Waals surface area (Å²) in [5.74, 6) is 0.152. The molecule has 1 atom stereocenters. The first-order chi connectivity index (χ1) is 9.75. The molecule has 1 aliphatic rings. The standard InChI is InChI=1S/C17H18N2O/c1-13-7-5-6-10-15(13)18-16-11-12-19(17(16)20)14-8-3-2-4-9-14/h2-10,16,18H,11-12H2,1H3. The molecule has 1 amide bonds. The third kappa shape index (κ3) is 2.39. The van der Waals surface area contributed by atoms with Crippen molar-refractivity contribution in [2.24, 2.45) is 0 Å². The van der Waals surface area contributed by atoms with E-state index in [9.17, 15) is 4.79 Å². The summed E-state index contributed by atoms with van der Waals surface area (Å²) < 4.78 is 0. The Morgan fingerprint density at radius 1 is 1.05 bits per heavy atom. The number of hydrogen-bond donors (Lipinski definition) is 1. The first kappa shape index (κ1) is 12.7. The summed E-state index contributed by atoms with van der Waals surface area (Å²) in [5.41, 5.74) is 3.19. The second-order valence-electron chi connectivity index (χ2n) is 5.13. The normalized spacial score (nSPS) is 18.4. The van der Waals surface area contributed by atoms with E-state index in [-0.39, 0.29) is 11.9 Å². The highest BCUT2D eigenvalue weighted by atomic mass is 16.2. The summed E-state index contributed by atoms with van der Waals surface area (Å²) in [6, 6.07) is 17.8. The van der Waals surface area contributed by atoms with Crippen molar-refractivity contribution >= 4 is 17.3 Å². The van der Waals surface area contributed by atoms with Crippen molar-refractivity contribution in [3.8, 4) is 0 Å². The summed E-state index contributed by atoms with van der Waals surface area (Å²) in [7, 11) is 0. The third-order valence-corrected chi connectivity index (χ3v) is 3.75. The highest BCUT2D eigenvalue weighted by molar-refractivity contribution is 6.01. The Kier molecular flexibility index (Phi) is 3.42. The van der Waals surface area contributed by atoms with Crippen LogP contribution in [0, 0.1) is 6.92 Å². The lowest BCUT2D eigenvalue weighted by atomic mass is 10.1. The van der Waals surface area contributed by atoms with Crippen molar-refractivity contribution < 1.29 is 4.79 Å². The molecule has 1 saturated heterocycles. The van der Waals surface area contributed by atoms with E-state index in [4.69, 9.17) is 0 Å². The minimum absolute atomic E-state index is 0.128. The highest BCUT2D eigenvalue weighted by Gasteiger charge is 2.32. The van der Waals surface area contributed by atoms with Crippen LogP contribution in [0.1, 0.15) is 12.0 Å². The van der Waals surface area contributed by atoms with E-state index in [1.54, 1.807) is 0 Å². The summed E-state index contributed by atoms with van der Waals surface area (Å²) in [4.78, 5) is 14.3. The largest absolute Gasteiger partial charge is 0.373 e. The molecule has 1 aliphatic heterocycles. The molecule has 3 heteroatoms. The van der Waals surface area contributed by atoms with Crippen molar-refractivity contribution in [2.45, 2.75) is 19.4 Å².